The zero-order chi connectivity index (χ0) is 18.8. The third-order valence-electron chi connectivity index (χ3n) is 5.01. The van der Waals surface area contributed by atoms with Crippen molar-refractivity contribution in [1.82, 2.24) is 20.0 Å². The highest BCUT2D eigenvalue weighted by Crippen LogP contribution is 2.32. The SMILES string of the molecule is O=C(C1=CCCC1)N1CCC(C(=O)NCC(F)(F)F)(n2cccn2)CC1. The number of halogens is 3. The van der Waals surface area contributed by atoms with Crippen LogP contribution in [0.25, 0.3) is 0 Å². The summed E-state index contributed by atoms with van der Waals surface area (Å²) in [6.07, 6.45) is 3.57. The minimum atomic E-state index is -4.48. The molecule has 1 fully saturated rings. The van der Waals surface area contributed by atoms with E-state index in [0.717, 1.165) is 24.8 Å². The van der Waals surface area contributed by atoms with Crippen molar-refractivity contribution in [1.29, 1.82) is 0 Å². The van der Waals surface area contributed by atoms with E-state index < -0.39 is 24.2 Å². The molecule has 26 heavy (non-hydrogen) atoms. The lowest BCUT2D eigenvalue weighted by Gasteiger charge is -2.41. The highest BCUT2D eigenvalue weighted by atomic mass is 19.4. The normalized spacial score (nSPS) is 20.0. The molecule has 0 spiro atoms. The Morgan fingerprint density at radius 3 is 2.54 bits per heavy atom. The van der Waals surface area contributed by atoms with Gasteiger partial charge in [-0.3, -0.25) is 14.3 Å². The van der Waals surface area contributed by atoms with Gasteiger partial charge in [-0.2, -0.15) is 18.3 Å². The maximum atomic E-state index is 12.6. The topological polar surface area (TPSA) is 67.2 Å². The standard InChI is InChI=1S/C17H21F3N4O2/c18-17(19,20)12-21-15(26)16(24-9-3-8-22-24)6-10-23(11-7-16)14(25)13-4-1-2-5-13/h3-4,8-9H,1-2,5-7,10-12H2,(H,21,26). The van der Waals surface area contributed by atoms with Gasteiger partial charge in [-0.15, -0.1) is 0 Å². The summed E-state index contributed by atoms with van der Waals surface area (Å²) in [5.41, 5.74) is -0.423. The van der Waals surface area contributed by atoms with Crippen LogP contribution in [-0.2, 0) is 15.1 Å². The summed E-state index contributed by atoms with van der Waals surface area (Å²) in [6, 6.07) is 1.62. The Labute approximate surface area is 149 Å². The van der Waals surface area contributed by atoms with Gasteiger partial charge in [-0.25, -0.2) is 0 Å². The number of hydrogen-bond donors (Lipinski definition) is 1. The number of amides is 2. The minimum absolute atomic E-state index is 0.0349. The lowest BCUT2D eigenvalue weighted by atomic mass is 9.86. The van der Waals surface area contributed by atoms with Crippen LogP contribution in [-0.4, -0.2) is 52.3 Å². The van der Waals surface area contributed by atoms with E-state index >= 15 is 0 Å². The molecule has 0 radical (unpaired) electrons. The number of allylic oxidation sites excluding steroid dienone is 1. The third kappa shape index (κ3) is 3.76. The Balaban J connectivity index is 1.73. The van der Waals surface area contributed by atoms with Crippen LogP contribution in [0.5, 0.6) is 0 Å². The molecular weight excluding hydrogens is 349 g/mol. The summed E-state index contributed by atoms with van der Waals surface area (Å²) in [5.74, 6) is -0.752. The molecule has 1 N–H and O–H groups in total. The second-order valence-electron chi connectivity index (χ2n) is 6.69. The van der Waals surface area contributed by atoms with Crippen molar-refractivity contribution in [3.05, 3.63) is 30.1 Å². The third-order valence-corrected chi connectivity index (χ3v) is 5.01. The Bertz CT molecular complexity index is 689. The molecule has 1 aromatic rings. The molecule has 1 aliphatic carbocycles. The first-order valence-electron chi connectivity index (χ1n) is 8.65. The van der Waals surface area contributed by atoms with E-state index in [-0.39, 0.29) is 18.7 Å². The molecule has 1 saturated heterocycles. The van der Waals surface area contributed by atoms with E-state index in [4.69, 9.17) is 0 Å². The molecule has 0 atom stereocenters. The van der Waals surface area contributed by atoms with Crippen LogP contribution >= 0.6 is 0 Å². The van der Waals surface area contributed by atoms with Gasteiger partial charge in [0, 0.05) is 31.1 Å². The van der Waals surface area contributed by atoms with Gasteiger partial charge >= 0.3 is 6.18 Å². The van der Waals surface area contributed by atoms with Crippen LogP contribution in [0.1, 0.15) is 32.1 Å². The number of nitrogens with one attached hydrogen (secondary N) is 1. The molecular formula is C17H21F3N4O2. The van der Waals surface area contributed by atoms with Crippen molar-refractivity contribution in [2.45, 2.75) is 43.8 Å². The van der Waals surface area contributed by atoms with E-state index in [1.807, 2.05) is 11.4 Å². The summed E-state index contributed by atoms with van der Waals surface area (Å²) in [4.78, 5) is 26.8. The number of aromatic nitrogens is 2. The molecule has 1 aromatic heterocycles. The van der Waals surface area contributed by atoms with E-state index in [0.29, 0.717) is 13.1 Å². The number of nitrogens with zero attached hydrogens (tertiary/aromatic N) is 3. The summed E-state index contributed by atoms with van der Waals surface area (Å²) in [7, 11) is 0. The largest absolute Gasteiger partial charge is 0.405 e. The van der Waals surface area contributed by atoms with Crippen LogP contribution in [0.4, 0.5) is 13.2 Å². The van der Waals surface area contributed by atoms with Crippen molar-refractivity contribution in [3.8, 4) is 0 Å². The van der Waals surface area contributed by atoms with E-state index in [1.54, 1.807) is 17.2 Å². The first-order valence-corrected chi connectivity index (χ1v) is 8.65. The first kappa shape index (κ1) is 18.5. The number of likely N-dealkylation sites (tertiary alicyclic amines) is 1. The molecule has 2 heterocycles. The molecule has 0 unspecified atom stereocenters. The molecule has 2 amide bonds. The van der Waals surface area contributed by atoms with Gasteiger partial charge in [0.05, 0.1) is 0 Å². The van der Waals surface area contributed by atoms with Crippen molar-refractivity contribution in [2.24, 2.45) is 0 Å². The van der Waals surface area contributed by atoms with Crippen LogP contribution in [0, 0.1) is 0 Å². The number of rotatable bonds is 4. The fourth-order valence-corrected chi connectivity index (χ4v) is 3.58. The summed E-state index contributed by atoms with van der Waals surface area (Å²) in [6.45, 7) is -0.782. The minimum Gasteiger partial charge on any atom is -0.345 e. The van der Waals surface area contributed by atoms with Gasteiger partial charge in [-0.05, 0) is 38.2 Å². The van der Waals surface area contributed by atoms with Crippen molar-refractivity contribution < 1.29 is 22.8 Å². The van der Waals surface area contributed by atoms with Gasteiger partial charge in [0.25, 0.3) is 0 Å². The quantitative estimate of drug-likeness (QED) is 0.882. The van der Waals surface area contributed by atoms with Crippen LogP contribution in [0.2, 0.25) is 0 Å². The molecule has 2 aliphatic rings. The maximum Gasteiger partial charge on any atom is 0.405 e. The average molecular weight is 370 g/mol. The zero-order valence-electron chi connectivity index (χ0n) is 14.3. The van der Waals surface area contributed by atoms with E-state index in [2.05, 4.69) is 5.10 Å². The van der Waals surface area contributed by atoms with Crippen LogP contribution in [0.3, 0.4) is 0 Å². The number of hydrogen-bond acceptors (Lipinski definition) is 3. The molecule has 9 heteroatoms. The molecule has 0 bridgehead atoms. The number of carbonyl (C=O) groups is 2. The fraction of sp³-hybridized carbons (Fsp3) is 0.588. The Hall–Kier alpha value is -2.32. The van der Waals surface area contributed by atoms with E-state index in [9.17, 15) is 22.8 Å². The molecule has 6 nitrogen and oxygen atoms in total. The summed E-state index contributed by atoms with van der Waals surface area (Å²) < 4.78 is 38.9. The maximum absolute atomic E-state index is 12.6. The van der Waals surface area contributed by atoms with Gasteiger partial charge in [0.15, 0.2) is 0 Å². The molecule has 0 aromatic carbocycles. The van der Waals surface area contributed by atoms with Gasteiger partial charge < -0.3 is 10.2 Å². The molecule has 3 rings (SSSR count). The van der Waals surface area contributed by atoms with E-state index in [1.165, 1.54) is 10.9 Å². The van der Waals surface area contributed by atoms with Gasteiger partial charge in [0.1, 0.15) is 12.1 Å². The zero-order valence-corrected chi connectivity index (χ0v) is 14.3. The van der Waals surface area contributed by atoms with Crippen molar-refractivity contribution in [3.63, 3.8) is 0 Å². The Morgan fingerprint density at radius 1 is 1.27 bits per heavy atom. The highest BCUT2D eigenvalue weighted by molar-refractivity contribution is 5.94. The Kier molecular flexibility index (Phi) is 5.06. The van der Waals surface area contributed by atoms with Crippen LogP contribution in [0.15, 0.2) is 30.1 Å². The molecule has 1 aliphatic heterocycles. The second-order valence-corrected chi connectivity index (χ2v) is 6.69. The van der Waals surface area contributed by atoms with Crippen molar-refractivity contribution in [2.75, 3.05) is 19.6 Å². The average Bonchev–Trinajstić information content (AvgIpc) is 3.31. The number of piperidine rings is 1. The highest BCUT2D eigenvalue weighted by Gasteiger charge is 2.45. The van der Waals surface area contributed by atoms with Gasteiger partial charge in [0.2, 0.25) is 11.8 Å². The number of carbonyl (C=O) groups excluding carboxylic acids is 2. The fourth-order valence-electron chi connectivity index (χ4n) is 3.58. The Morgan fingerprint density at radius 2 is 2.00 bits per heavy atom. The lowest BCUT2D eigenvalue weighted by molar-refractivity contribution is -0.147. The monoisotopic (exact) mass is 370 g/mol. The first-order chi connectivity index (χ1) is 12.3. The van der Waals surface area contributed by atoms with Crippen LogP contribution < -0.4 is 5.32 Å². The smallest absolute Gasteiger partial charge is 0.345 e. The second kappa shape index (κ2) is 7.13. The molecule has 0 saturated carbocycles. The number of alkyl halides is 3. The van der Waals surface area contributed by atoms with Gasteiger partial charge in [-0.1, -0.05) is 6.08 Å². The predicted octanol–water partition coefficient (Wildman–Crippen LogP) is 1.99. The summed E-state index contributed by atoms with van der Waals surface area (Å²) >= 11 is 0. The lowest BCUT2D eigenvalue weighted by Crippen LogP contribution is -2.57. The predicted molar refractivity (Wildman–Crippen MR) is 87.0 cm³/mol. The van der Waals surface area contributed by atoms with Crippen molar-refractivity contribution >= 4 is 11.8 Å². The molecule has 142 valence electrons. The summed E-state index contributed by atoms with van der Waals surface area (Å²) in [5, 5.41) is 6.07.